The summed E-state index contributed by atoms with van der Waals surface area (Å²) in [5.41, 5.74) is 2.21. The fraction of sp³-hybridized carbons (Fsp3) is 0.385. The first-order valence-electron chi connectivity index (χ1n) is 11.2. The Balaban J connectivity index is 1.65. The third-order valence-corrected chi connectivity index (χ3v) is 7.29. The van der Waals surface area contributed by atoms with E-state index in [4.69, 9.17) is 4.74 Å². The molecule has 0 unspecified atom stereocenters. The van der Waals surface area contributed by atoms with Crippen LogP contribution in [-0.2, 0) is 30.5 Å². The van der Waals surface area contributed by atoms with E-state index in [1.165, 1.54) is 11.8 Å². The van der Waals surface area contributed by atoms with Crippen molar-refractivity contribution in [2.75, 3.05) is 4.90 Å². The van der Waals surface area contributed by atoms with Crippen LogP contribution in [0.3, 0.4) is 0 Å². The summed E-state index contributed by atoms with van der Waals surface area (Å²) < 4.78 is 5.91. The van der Waals surface area contributed by atoms with Gasteiger partial charge in [-0.05, 0) is 49.6 Å². The highest BCUT2D eigenvalue weighted by molar-refractivity contribution is 6.11. The van der Waals surface area contributed by atoms with Gasteiger partial charge in [0.05, 0.1) is 18.4 Å². The molecule has 2 aromatic rings. The van der Waals surface area contributed by atoms with E-state index in [0.29, 0.717) is 5.69 Å². The minimum absolute atomic E-state index is 0.0207. The van der Waals surface area contributed by atoms with E-state index < -0.39 is 29.6 Å². The normalized spacial score (nSPS) is 28.2. The Hall–Kier alpha value is -3.48. The highest BCUT2D eigenvalue weighted by atomic mass is 16.6. The summed E-state index contributed by atoms with van der Waals surface area (Å²) in [5, 5.41) is 0. The Morgan fingerprint density at radius 2 is 1.76 bits per heavy atom. The van der Waals surface area contributed by atoms with E-state index in [1.54, 1.807) is 4.90 Å². The maximum Gasteiger partial charge on any atom is 0.307 e. The average Bonchev–Trinajstić information content (AvgIpc) is 3.30. The number of aryl methyl sites for hydroxylation is 2. The zero-order valence-corrected chi connectivity index (χ0v) is 18.9. The number of anilines is 1. The van der Waals surface area contributed by atoms with Gasteiger partial charge < -0.3 is 9.64 Å². The third-order valence-electron chi connectivity index (χ3n) is 7.29. The Bertz CT molecular complexity index is 1180. The highest BCUT2D eigenvalue weighted by Crippen LogP contribution is 2.55. The van der Waals surface area contributed by atoms with Crippen molar-refractivity contribution in [3.05, 3.63) is 65.2 Å². The van der Waals surface area contributed by atoms with Gasteiger partial charge in [0.1, 0.15) is 5.78 Å². The molecule has 3 saturated heterocycles. The summed E-state index contributed by atoms with van der Waals surface area (Å²) in [6.45, 7) is 5.66. The van der Waals surface area contributed by atoms with Crippen LogP contribution in [0.4, 0.5) is 5.69 Å². The molecule has 170 valence electrons. The van der Waals surface area contributed by atoms with Gasteiger partial charge in [-0.1, -0.05) is 36.4 Å². The summed E-state index contributed by atoms with van der Waals surface area (Å²) in [6, 6.07) is 13.4. The Labute approximate surface area is 192 Å². The second kappa shape index (κ2) is 7.54. The number of esters is 1. The molecule has 1 spiro atoms. The summed E-state index contributed by atoms with van der Waals surface area (Å²) >= 11 is 0. The fourth-order valence-corrected chi connectivity index (χ4v) is 5.66. The molecule has 4 atom stereocenters. The van der Waals surface area contributed by atoms with Crippen LogP contribution in [-0.4, -0.2) is 46.2 Å². The lowest BCUT2D eigenvalue weighted by Gasteiger charge is -2.34. The number of Topliss-reactive ketones (excluding diaryl/α,β-unsaturated/α-hetero) is 1. The number of nitrogens with zero attached hydrogens (tertiary/aromatic N) is 2. The number of carbonyl (C=O) groups is 4. The zero-order chi connectivity index (χ0) is 23.5. The molecule has 0 radical (unpaired) electrons. The molecule has 7 heteroatoms. The molecule has 0 saturated carbocycles. The predicted octanol–water partition coefficient (Wildman–Crippen LogP) is 2.71. The first-order valence-corrected chi connectivity index (χ1v) is 11.2. The van der Waals surface area contributed by atoms with Crippen molar-refractivity contribution in [2.24, 2.45) is 5.92 Å². The number of ketones is 1. The van der Waals surface area contributed by atoms with Crippen molar-refractivity contribution in [1.29, 1.82) is 0 Å². The van der Waals surface area contributed by atoms with Gasteiger partial charge in [-0.25, -0.2) is 0 Å². The van der Waals surface area contributed by atoms with Crippen LogP contribution < -0.4 is 4.90 Å². The quantitative estimate of drug-likeness (QED) is 0.660. The molecular formula is C26H26N2O5. The Morgan fingerprint density at radius 3 is 2.42 bits per heavy atom. The van der Waals surface area contributed by atoms with Crippen molar-refractivity contribution in [3.63, 3.8) is 0 Å². The zero-order valence-electron chi connectivity index (χ0n) is 18.9. The smallest absolute Gasteiger partial charge is 0.307 e. The molecule has 0 bridgehead atoms. The van der Waals surface area contributed by atoms with E-state index >= 15 is 0 Å². The first-order chi connectivity index (χ1) is 15.7. The number of carbonyl (C=O) groups excluding carboxylic acids is 4. The highest BCUT2D eigenvalue weighted by Gasteiger charge is 2.77. The van der Waals surface area contributed by atoms with E-state index in [1.807, 2.05) is 62.4 Å². The molecule has 0 aromatic heterocycles. The second-order valence-corrected chi connectivity index (χ2v) is 9.34. The topological polar surface area (TPSA) is 84.0 Å². The first kappa shape index (κ1) is 21.4. The van der Waals surface area contributed by atoms with Crippen molar-refractivity contribution in [1.82, 2.24) is 4.90 Å². The number of rotatable bonds is 5. The maximum atomic E-state index is 13.9. The van der Waals surface area contributed by atoms with Gasteiger partial charge >= 0.3 is 5.97 Å². The van der Waals surface area contributed by atoms with Gasteiger partial charge in [0.25, 0.3) is 5.91 Å². The molecule has 0 aliphatic carbocycles. The van der Waals surface area contributed by atoms with E-state index in [9.17, 15) is 19.2 Å². The van der Waals surface area contributed by atoms with Crippen LogP contribution in [0.5, 0.6) is 0 Å². The molecule has 3 fully saturated rings. The molecule has 2 aromatic carbocycles. The number of likely N-dealkylation sites (tertiary alicyclic amines) is 1. The van der Waals surface area contributed by atoms with Crippen LogP contribution in [0, 0.1) is 19.8 Å². The van der Waals surface area contributed by atoms with Crippen LogP contribution in [0.15, 0.2) is 48.5 Å². The van der Waals surface area contributed by atoms with Gasteiger partial charge in [-0.2, -0.15) is 0 Å². The molecule has 7 nitrogen and oxygen atoms in total. The molecule has 3 aliphatic heterocycles. The summed E-state index contributed by atoms with van der Waals surface area (Å²) in [6.07, 6.45) is -0.0650. The Morgan fingerprint density at radius 1 is 1.03 bits per heavy atom. The minimum atomic E-state index is -1.37. The lowest BCUT2D eigenvalue weighted by molar-refractivity contribution is -0.152. The Kier molecular flexibility index (Phi) is 4.88. The largest absolute Gasteiger partial charge is 0.453 e. The van der Waals surface area contributed by atoms with Crippen molar-refractivity contribution in [3.8, 4) is 0 Å². The summed E-state index contributed by atoms with van der Waals surface area (Å²) in [5.74, 6) is -2.02. The molecule has 2 amide bonds. The van der Waals surface area contributed by atoms with E-state index in [0.717, 1.165) is 16.7 Å². The number of hydrogen-bond donors (Lipinski definition) is 0. The van der Waals surface area contributed by atoms with E-state index in [-0.39, 0.29) is 37.0 Å². The van der Waals surface area contributed by atoms with Gasteiger partial charge in [0, 0.05) is 18.7 Å². The number of amides is 2. The predicted molar refractivity (Wildman–Crippen MR) is 120 cm³/mol. The number of ether oxygens (including phenoxy) is 1. The third kappa shape index (κ3) is 3.09. The van der Waals surface area contributed by atoms with Crippen molar-refractivity contribution in [2.45, 2.75) is 57.8 Å². The van der Waals surface area contributed by atoms with Crippen LogP contribution in [0.1, 0.15) is 36.5 Å². The van der Waals surface area contributed by atoms with Gasteiger partial charge in [-0.15, -0.1) is 0 Å². The lowest BCUT2D eigenvalue weighted by atomic mass is 9.80. The van der Waals surface area contributed by atoms with Gasteiger partial charge in [0.2, 0.25) is 5.91 Å². The standard InChI is InChI=1S/C26H26N2O5/c1-15-9-10-19(11-16(15)2)28-23-25(32)27(14-18-7-5-4-6-8-18)21(12-17(3)29)26(23)20(24(28)31)13-22(30)33-26/h4-11,20-21,23H,12-14H2,1-3H3/t20-,21+,23+,26+/m1/s1. The van der Waals surface area contributed by atoms with Crippen LogP contribution >= 0.6 is 0 Å². The van der Waals surface area contributed by atoms with Gasteiger partial charge in [-0.3, -0.25) is 24.1 Å². The summed E-state index contributed by atoms with van der Waals surface area (Å²) in [4.78, 5) is 55.5. The minimum Gasteiger partial charge on any atom is -0.453 e. The van der Waals surface area contributed by atoms with Crippen molar-refractivity contribution >= 4 is 29.3 Å². The molecule has 33 heavy (non-hydrogen) atoms. The number of benzene rings is 2. The lowest BCUT2D eigenvalue weighted by Crippen LogP contribution is -2.52. The second-order valence-electron chi connectivity index (χ2n) is 9.34. The van der Waals surface area contributed by atoms with Crippen LogP contribution in [0.25, 0.3) is 0 Å². The molecule has 3 heterocycles. The van der Waals surface area contributed by atoms with E-state index in [2.05, 4.69) is 0 Å². The van der Waals surface area contributed by atoms with Crippen LogP contribution in [0.2, 0.25) is 0 Å². The monoisotopic (exact) mass is 446 g/mol. The molecule has 3 aliphatic rings. The molecule has 5 rings (SSSR count). The number of hydrogen-bond acceptors (Lipinski definition) is 5. The summed E-state index contributed by atoms with van der Waals surface area (Å²) in [7, 11) is 0. The SMILES string of the molecule is CC(=O)C[C@@H]1N(Cc2ccccc2)C(=O)[C@@H]2N(c3ccc(C)c(C)c3)C(=O)[C@H]3CC(=O)O[C@@]312. The fourth-order valence-electron chi connectivity index (χ4n) is 5.66. The molecular weight excluding hydrogens is 420 g/mol. The average molecular weight is 447 g/mol. The maximum absolute atomic E-state index is 13.9. The molecule has 0 N–H and O–H groups in total. The van der Waals surface area contributed by atoms with Gasteiger partial charge in [0.15, 0.2) is 11.6 Å². The van der Waals surface area contributed by atoms with Crippen molar-refractivity contribution < 1.29 is 23.9 Å².